The molecule has 0 spiro atoms. The molecule has 0 aromatic carbocycles. The minimum absolute atomic E-state index is 0.0634. The minimum atomic E-state index is -1.07. The van der Waals surface area contributed by atoms with Gasteiger partial charge in [-0.3, -0.25) is 0 Å². The molecule has 7 heteroatoms. The van der Waals surface area contributed by atoms with Crippen molar-refractivity contribution in [3.05, 3.63) is 47.1 Å². The molecule has 18 heavy (non-hydrogen) atoms. The largest absolute Gasteiger partial charge is 0.478 e. The Morgan fingerprint density at radius 2 is 2.22 bits per heavy atom. The van der Waals surface area contributed by atoms with Crippen molar-refractivity contribution in [1.82, 2.24) is 15.0 Å². The first-order chi connectivity index (χ1) is 8.66. The number of anilines is 1. The highest BCUT2D eigenvalue weighted by Crippen LogP contribution is 2.17. The van der Waals surface area contributed by atoms with E-state index in [0.29, 0.717) is 6.54 Å². The molecule has 0 bridgehead atoms. The predicted octanol–water partition coefficient (Wildman–Crippen LogP) is 1.84. The third-order valence-corrected chi connectivity index (χ3v) is 2.38. The summed E-state index contributed by atoms with van der Waals surface area (Å²) in [5, 5.41) is 12.1. The van der Waals surface area contributed by atoms with Gasteiger partial charge in [0.15, 0.2) is 0 Å². The van der Waals surface area contributed by atoms with Crippen molar-refractivity contribution in [1.29, 1.82) is 0 Å². The number of hydrogen-bond acceptors (Lipinski definition) is 5. The standard InChI is InChI=1S/C11H9ClN4O2/c12-9-2-1-8(11(17)18)10(16-9)14-5-7-3-4-13-6-15-7/h1-4,6H,5H2,(H,14,16)(H,17,18). The molecule has 2 aromatic heterocycles. The first kappa shape index (κ1) is 12.3. The molecule has 0 aliphatic rings. The summed E-state index contributed by atoms with van der Waals surface area (Å²) in [6, 6.07) is 4.55. The molecule has 0 fully saturated rings. The molecule has 0 amide bonds. The van der Waals surface area contributed by atoms with Gasteiger partial charge in [-0.1, -0.05) is 11.6 Å². The fourth-order valence-corrected chi connectivity index (χ4v) is 1.49. The Bertz CT molecular complexity index is 562. The number of nitrogens with one attached hydrogen (secondary N) is 1. The van der Waals surface area contributed by atoms with Crippen LogP contribution in [0.4, 0.5) is 5.82 Å². The molecule has 0 atom stereocenters. The Morgan fingerprint density at radius 1 is 1.39 bits per heavy atom. The van der Waals surface area contributed by atoms with E-state index < -0.39 is 5.97 Å². The van der Waals surface area contributed by atoms with E-state index in [1.807, 2.05) is 0 Å². The second-order valence-electron chi connectivity index (χ2n) is 3.39. The van der Waals surface area contributed by atoms with Gasteiger partial charge in [0.25, 0.3) is 0 Å². The molecule has 0 aliphatic heterocycles. The quantitative estimate of drug-likeness (QED) is 0.819. The molecular formula is C11H9ClN4O2. The van der Waals surface area contributed by atoms with Crippen LogP contribution in [0.5, 0.6) is 0 Å². The molecule has 2 aromatic rings. The number of halogens is 1. The smallest absolute Gasteiger partial charge is 0.339 e. The number of hydrogen-bond donors (Lipinski definition) is 2. The molecule has 0 saturated heterocycles. The summed E-state index contributed by atoms with van der Waals surface area (Å²) in [5.41, 5.74) is 0.788. The molecule has 0 unspecified atom stereocenters. The van der Waals surface area contributed by atoms with Crippen LogP contribution in [0.15, 0.2) is 30.7 Å². The summed E-state index contributed by atoms with van der Waals surface area (Å²) >= 11 is 5.73. The zero-order valence-electron chi connectivity index (χ0n) is 9.17. The zero-order valence-corrected chi connectivity index (χ0v) is 9.92. The van der Waals surface area contributed by atoms with Crippen molar-refractivity contribution in [2.24, 2.45) is 0 Å². The number of rotatable bonds is 4. The van der Waals surface area contributed by atoms with Crippen LogP contribution in [-0.2, 0) is 6.54 Å². The molecule has 2 rings (SSSR count). The van der Waals surface area contributed by atoms with E-state index in [-0.39, 0.29) is 16.5 Å². The van der Waals surface area contributed by atoms with Crippen molar-refractivity contribution < 1.29 is 9.90 Å². The SMILES string of the molecule is O=C(O)c1ccc(Cl)nc1NCc1ccncn1. The van der Waals surface area contributed by atoms with Crippen molar-refractivity contribution in [2.75, 3.05) is 5.32 Å². The van der Waals surface area contributed by atoms with E-state index in [4.69, 9.17) is 16.7 Å². The maximum absolute atomic E-state index is 11.0. The van der Waals surface area contributed by atoms with E-state index in [2.05, 4.69) is 20.3 Å². The van der Waals surface area contributed by atoms with Crippen LogP contribution in [0.3, 0.4) is 0 Å². The lowest BCUT2D eigenvalue weighted by molar-refractivity contribution is 0.0697. The van der Waals surface area contributed by atoms with Crippen molar-refractivity contribution in [3.8, 4) is 0 Å². The van der Waals surface area contributed by atoms with Gasteiger partial charge in [0.1, 0.15) is 22.9 Å². The van der Waals surface area contributed by atoms with Crippen molar-refractivity contribution in [3.63, 3.8) is 0 Å². The number of pyridine rings is 1. The van der Waals surface area contributed by atoms with Gasteiger partial charge < -0.3 is 10.4 Å². The van der Waals surface area contributed by atoms with Crippen molar-refractivity contribution >= 4 is 23.4 Å². The molecule has 6 nitrogen and oxygen atoms in total. The topological polar surface area (TPSA) is 88.0 Å². The van der Waals surface area contributed by atoms with Crippen LogP contribution in [0.2, 0.25) is 5.15 Å². The van der Waals surface area contributed by atoms with Gasteiger partial charge in [0.05, 0.1) is 12.2 Å². The van der Waals surface area contributed by atoms with Crippen LogP contribution in [0.1, 0.15) is 16.1 Å². The molecule has 0 saturated carbocycles. The van der Waals surface area contributed by atoms with Gasteiger partial charge in [-0.15, -0.1) is 0 Å². The summed E-state index contributed by atoms with van der Waals surface area (Å²) in [6.45, 7) is 0.343. The maximum Gasteiger partial charge on any atom is 0.339 e. The first-order valence-electron chi connectivity index (χ1n) is 5.05. The molecular weight excluding hydrogens is 256 g/mol. The zero-order chi connectivity index (χ0) is 13.0. The fraction of sp³-hybridized carbons (Fsp3) is 0.0909. The lowest BCUT2D eigenvalue weighted by Gasteiger charge is -2.08. The lowest BCUT2D eigenvalue weighted by Crippen LogP contribution is -2.09. The molecule has 92 valence electrons. The molecule has 2 heterocycles. The first-order valence-corrected chi connectivity index (χ1v) is 5.43. The molecule has 2 N–H and O–H groups in total. The number of carbonyl (C=O) groups is 1. The van der Waals surface area contributed by atoms with Crippen LogP contribution < -0.4 is 5.32 Å². The van der Waals surface area contributed by atoms with E-state index >= 15 is 0 Å². The summed E-state index contributed by atoms with van der Waals surface area (Å²) in [7, 11) is 0. The molecule has 0 aliphatic carbocycles. The average Bonchev–Trinajstić information content (AvgIpc) is 2.37. The highest BCUT2D eigenvalue weighted by atomic mass is 35.5. The van der Waals surface area contributed by atoms with Gasteiger partial charge in [0, 0.05) is 6.20 Å². The van der Waals surface area contributed by atoms with Crippen molar-refractivity contribution in [2.45, 2.75) is 6.54 Å². The van der Waals surface area contributed by atoms with E-state index in [0.717, 1.165) is 5.69 Å². The molecule has 0 radical (unpaired) electrons. The highest BCUT2D eigenvalue weighted by Gasteiger charge is 2.11. The third kappa shape index (κ3) is 2.92. The minimum Gasteiger partial charge on any atom is -0.478 e. The van der Waals surface area contributed by atoms with E-state index in [1.54, 1.807) is 12.3 Å². The summed E-state index contributed by atoms with van der Waals surface area (Å²) in [4.78, 5) is 22.7. The third-order valence-electron chi connectivity index (χ3n) is 2.17. The Kier molecular flexibility index (Phi) is 3.69. The number of carboxylic acids is 1. The number of aromatic carboxylic acids is 1. The van der Waals surface area contributed by atoms with Crippen LogP contribution in [-0.4, -0.2) is 26.0 Å². The van der Waals surface area contributed by atoms with Gasteiger partial charge >= 0.3 is 5.97 Å². The summed E-state index contributed by atoms with van der Waals surface area (Å²) in [5.74, 6) is -0.849. The number of nitrogens with zero attached hydrogens (tertiary/aromatic N) is 3. The lowest BCUT2D eigenvalue weighted by atomic mass is 10.2. The Hall–Kier alpha value is -2.21. The van der Waals surface area contributed by atoms with Crippen LogP contribution in [0, 0.1) is 0 Å². The van der Waals surface area contributed by atoms with Crippen LogP contribution in [0.25, 0.3) is 0 Å². The summed E-state index contributed by atoms with van der Waals surface area (Å²) < 4.78 is 0. The second kappa shape index (κ2) is 5.42. The maximum atomic E-state index is 11.0. The van der Waals surface area contributed by atoms with Gasteiger partial charge in [-0.25, -0.2) is 19.7 Å². The average molecular weight is 265 g/mol. The summed E-state index contributed by atoms with van der Waals surface area (Å²) in [6.07, 6.45) is 3.02. The van der Waals surface area contributed by atoms with E-state index in [9.17, 15) is 4.79 Å². The van der Waals surface area contributed by atoms with E-state index in [1.165, 1.54) is 18.5 Å². The predicted molar refractivity (Wildman–Crippen MR) is 65.6 cm³/mol. The Balaban J connectivity index is 2.18. The number of aromatic nitrogens is 3. The van der Waals surface area contributed by atoms with Crippen LogP contribution >= 0.6 is 11.6 Å². The number of carboxylic acid groups (broad SMARTS) is 1. The second-order valence-corrected chi connectivity index (χ2v) is 3.78. The van der Waals surface area contributed by atoms with Gasteiger partial charge in [-0.05, 0) is 18.2 Å². The normalized spacial score (nSPS) is 10.1. The monoisotopic (exact) mass is 264 g/mol. The van der Waals surface area contributed by atoms with Gasteiger partial charge in [-0.2, -0.15) is 0 Å². The Morgan fingerprint density at radius 3 is 2.89 bits per heavy atom. The highest BCUT2D eigenvalue weighted by molar-refractivity contribution is 6.29. The van der Waals surface area contributed by atoms with Gasteiger partial charge in [0.2, 0.25) is 0 Å². The Labute approximate surface area is 108 Å². The fourth-order valence-electron chi connectivity index (χ4n) is 1.34.